The first-order valence-electron chi connectivity index (χ1n) is 6.00. The third-order valence-electron chi connectivity index (χ3n) is 2.89. The Morgan fingerprint density at radius 3 is 2.80 bits per heavy atom. The minimum Gasteiger partial charge on any atom is -0.476 e. The highest BCUT2D eigenvalue weighted by molar-refractivity contribution is 7.09. The number of carboxylic acid groups (broad SMARTS) is 1. The molecule has 100 valence electrons. The molecule has 0 saturated carbocycles. The van der Waals surface area contributed by atoms with Crippen LogP contribution in [-0.4, -0.2) is 21.3 Å². The number of rotatable bonds is 4. The number of hydrogen-bond donors (Lipinski definition) is 2. The molecule has 0 unspecified atom stereocenters. The molecule has 6 heteroatoms. The fourth-order valence-electron chi connectivity index (χ4n) is 1.97. The number of fused-ring (bicyclic) bond motifs is 1. The van der Waals surface area contributed by atoms with E-state index in [2.05, 4.69) is 15.5 Å². The summed E-state index contributed by atoms with van der Waals surface area (Å²) in [5.41, 5.74) is 1.13. The van der Waals surface area contributed by atoms with Crippen molar-refractivity contribution < 1.29 is 9.90 Å². The summed E-state index contributed by atoms with van der Waals surface area (Å²) in [6.45, 7) is 0.563. The molecule has 0 aliphatic heterocycles. The Balaban J connectivity index is 2.05. The topological polar surface area (TPSA) is 75.1 Å². The van der Waals surface area contributed by atoms with Gasteiger partial charge in [-0.15, -0.1) is 21.5 Å². The highest BCUT2D eigenvalue weighted by Gasteiger charge is 2.16. The van der Waals surface area contributed by atoms with Gasteiger partial charge in [-0.25, -0.2) is 4.79 Å². The molecular formula is C14H11N3O2S. The first kappa shape index (κ1) is 12.6. The lowest BCUT2D eigenvalue weighted by Gasteiger charge is -2.10. The van der Waals surface area contributed by atoms with Gasteiger partial charge in [-0.1, -0.05) is 24.3 Å². The van der Waals surface area contributed by atoms with Crippen molar-refractivity contribution in [1.82, 2.24) is 10.2 Å². The summed E-state index contributed by atoms with van der Waals surface area (Å²) in [5.74, 6) is -1.09. The average Bonchev–Trinajstić information content (AvgIpc) is 2.97. The molecule has 0 fully saturated rings. The van der Waals surface area contributed by atoms with Crippen LogP contribution in [0.15, 0.2) is 41.8 Å². The maximum atomic E-state index is 11.3. The number of anilines is 1. The van der Waals surface area contributed by atoms with Gasteiger partial charge in [0, 0.05) is 16.8 Å². The summed E-state index contributed by atoms with van der Waals surface area (Å²) >= 11 is 1.62. The minimum absolute atomic E-state index is 0.0553. The van der Waals surface area contributed by atoms with Gasteiger partial charge in [0.25, 0.3) is 0 Å². The summed E-state index contributed by atoms with van der Waals surface area (Å²) in [4.78, 5) is 12.4. The monoisotopic (exact) mass is 285 g/mol. The Morgan fingerprint density at radius 2 is 2.05 bits per heavy atom. The molecule has 0 spiro atoms. The highest BCUT2D eigenvalue weighted by Crippen LogP contribution is 2.25. The Hall–Kier alpha value is -2.47. The third kappa shape index (κ3) is 2.33. The Labute approximate surface area is 118 Å². The molecule has 0 amide bonds. The third-order valence-corrected chi connectivity index (χ3v) is 3.77. The van der Waals surface area contributed by atoms with Crippen LogP contribution in [0.1, 0.15) is 15.4 Å². The molecule has 2 N–H and O–H groups in total. The zero-order chi connectivity index (χ0) is 13.9. The quantitative estimate of drug-likeness (QED) is 0.770. The number of benzene rings is 1. The first-order valence-corrected chi connectivity index (χ1v) is 6.88. The number of nitrogens with one attached hydrogen (secondary N) is 1. The first-order chi connectivity index (χ1) is 9.75. The van der Waals surface area contributed by atoms with E-state index in [0.717, 1.165) is 10.3 Å². The zero-order valence-electron chi connectivity index (χ0n) is 10.4. The van der Waals surface area contributed by atoms with E-state index in [4.69, 9.17) is 0 Å². The summed E-state index contributed by atoms with van der Waals surface area (Å²) in [5, 5.41) is 22.9. The van der Waals surface area contributed by atoms with Gasteiger partial charge >= 0.3 is 5.97 Å². The van der Waals surface area contributed by atoms with Gasteiger partial charge in [0.2, 0.25) is 0 Å². The molecule has 3 aromatic rings. The molecule has 1 aromatic carbocycles. The largest absolute Gasteiger partial charge is 0.476 e. The van der Waals surface area contributed by atoms with E-state index in [0.29, 0.717) is 17.7 Å². The van der Waals surface area contributed by atoms with Gasteiger partial charge < -0.3 is 10.4 Å². The average molecular weight is 285 g/mol. The van der Waals surface area contributed by atoms with Crippen molar-refractivity contribution in [3.63, 3.8) is 0 Å². The van der Waals surface area contributed by atoms with E-state index in [1.54, 1.807) is 11.3 Å². The van der Waals surface area contributed by atoms with E-state index >= 15 is 0 Å². The Morgan fingerprint density at radius 1 is 1.20 bits per heavy atom. The molecule has 5 nitrogen and oxygen atoms in total. The van der Waals surface area contributed by atoms with E-state index in [-0.39, 0.29) is 5.69 Å². The predicted octanol–water partition coefficient (Wildman–Crippen LogP) is 3.00. The Bertz CT molecular complexity index is 756. The van der Waals surface area contributed by atoms with Crippen LogP contribution in [0.25, 0.3) is 10.9 Å². The smallest absolute Gasteiger partial charge is 0.358 e. The molecule has 3 rings (SSSR count). The molecule has 0 saturated heterocycles. The second-order valence-corrected chi connectivity index (χ2v) is 5.21. The van der Waals surface area contributed by atoms with E-state index in [1.165, 1.54) is 0 Å². The molecule has 0 atom stereocenters. The fraction of sp³-hybridized carbons (Fsp3) is 0.0714. The molecule has 2 heterocycles. The molecule has 0 aliphatic rings. The summed E-state index contributed by atoms with van der Waals surface area (Å²) in [6.07, 6.45) is 0. The molecule has 20 heavy (non-hydrogen) atoms. The number of hydrogen-bond acceptors (Lipinski definition) is 5. The van der Waals surface area contributed by atoms with Crippen molar-refractivity contribution >= 4 is 33.9 Å². The zero-order valence-corrected chi connectivity index (χ0v) is 11.2. The van der Waals surface area contributed by atoms with Crippen LogP contribution >= 0.6 is 11.3 Å². The molecular weight excluding hydrogens is 274 g/mol. The molecule has 0 aliphatic carbocycles. The second-order valence-electron chi connectivity index (χ2n) is 4.18. The van der Waals surface area contributed by atoms with Crippen molar-refractivity contribution in [3.8, 4) is 0 Å². The number of aromatic nitrogens is 2. The lowest BCUT2D eigenvalue weighted by molar-refractivity contribution is 0.0690. The van der Waals surface area contributed by atoms with Crippen molar-refractivity contribution in [2.75, 3.05) is 5.32 Å². The van der Waals surface area contributed by atoms with E-state index in [1.807, 2.05) is 41.8 Å². The lowest BCUT2D eigenvalue weighted by Crippen LogP contribution is -2.10. The number of carbonyl (C=O) groups is 1. The lowest BCUT2D eigenvalue weighted by atomic mass is 10.1. The van der Waals surface area contributed by atoms with Gasteiger partial charge in [-0.05, 0) is 17.5 Å². The van der Waals surface area contributed by atoms with E-state index < -0.39 is 5.97 Å². The molecule has 0 bridgehead atoms. The SMILES string of the molecule is O=C(O)c1nnc2ccccc2c1NCc1cccs1. The van der Waals surface area contributed by atoms with Crippen molar-refractivity contribution in [2.45, 2.75) is 6.54 Å². The maximum Gasteiger partial charge on any atom is 0.358 e. The van der Waals surface area contributed by atoms with Crippen LogP contribution in [0, 0.1) is 0 Å². The van der Waals surface area contributed by atoms with Crippen LogP contribution in [0.2, 0.25) is 0 Å². The van der Waals surface area contributed by atoms with Crippen molar-refractivity contribution in [2.24, 2.45) is 0 Å². The van der Waals surface area contributed by atoms with Gasteiger partial charge in [0.05, 0.1) is 11.2 Å². The summed E-state index contributed by atoms with van der Waals surface area (Å²) < 4.78 is 0. The van der Waals surface area contributed by atoms with Crippen molar-refractivity contribution in [3.05, 3.63) is 52.3 Å². The molecule has 2 aromatic heterocycles. The van der Waals surface area contributed by atoms with E-state index in [9.17, 15) is 9.90 Å². The number of thiophene rings is 1. The minimum atomic E-state index is -1.09. The predicted molar refractivity (Wildman–Crippen MR) is 78.1 cm³/mol. The van der Waals surface area contributed by atoms with Crippen LogP contribution in [-0.2, 0) is 6.54 Å². The normalized spacial score (nSPS) is 10.6. The van der Waals surface area contributed by atoms with Gasteiger partial charge in [-0.2, -0.15) is 0 Å². The van der Waals surface area contributed by atoms with Gasteiger partial charge in [0.1, 0.15) is 0 Å². The maximum absolute atomic E-state index is 11.3. The number of carboxylic acids is 1. The van der Waals surface area contributed by atoms with Crippen LogP contribution in [0.4, 0.5) is 5.69 Å². The standard InChI is InChI=1S/C14H11N3O2S/c18-14(19)13-12(15-8-9-4-3-7-20-9)10-5-1-2-6-11(10)16-17-13/h1-7H,8H2,(H,15,16)(H,18,19). The van der Waals surface area contributed by atoms with Crippen LogP contribution < -0.4 is 5.32 Å². The van der Waals surface area contributed by atoms with Gasteiger partial charge in [0.15, 0.2) is 5.69 Å². The fourth-order valence-corrected chi connectivity index (χ4v) is 2.62. The summed E-state index contributed by atoms with van der Waals surface area (Å²) in [6, 6.07) is 11.3. The second kappa shape index (κ2) is 5.26. The molecule has 0 radical (unpaired) electrons. The Kier molecular flexibility index (Phi) is 3.30. The van der Waals surface area contributed by atoms with Crippen LogP contribution in [0.3, 0.4) is 0 Å². The summed E-state index contributed by atoms with van der Waals surface area (Å²) in [7, 11) is 0. The van der Waals surface area contributed by atoms with Crippen molar-refractivity contribution in [1.29, 1.82) is 0 Å². The van der Waals surface area contributed by atoms with Crippen LogP contribution in [0.5, 0.6) is 0 Å². The highest BCUT2D eigenvalue weighted by atomic mass is 32.1. The van der Waals surface area contributed by atoms with Gasteiger partial charge in [-0.3, -0.25) is 0 Å². The number of aromatic carboxylic acids is 1. The number of nitrogens with zero attached hydrogens (tertiary/aromatic N) is 2.